The lowest BCUT2D eigenvalue weighted by Crippen LogP contribution is -2.50. The number of fused-ring (bicyclic) bond motifs is 5. The van der Waals surface area contributed by atoms with Crippen LogP contribution < -0.4 is 11.3 Å². The Labute approximate surface area is 196 Å². The number of ether oxygens (including phenoxy) is 2. The number of hydrogen-bond donors (Lipinski definition) is 1. The number of benzene rings is 1. The third-order valence-corrected chi connectivity index (χ3v) is 6.90. The summed E-state index contributed by atoms with van der Waals surface area (Å²) in [5.74, 6) is -1.59. The van der Waals surface area contributed by atoms with Crippen molar-refractivity contribution >= 4 is 22.8 Å². The van der Waals surface area contributed by atoms with Gasteiger partial charge >= 0.3 is 11.9 Å². The average Bonchev–Trinajstić information content (AvgIpc) is 3.16. The molecule has 2 aliphatic rings. The van der Waals surface area contributed by atoms with Gasteiger partial charge in [0.15, 0.2) is 0 Å². The lowest BCUT2D eigenvalue weighted by atomic mass is 9.85. The zero-order valence-corrected chi connectivity index (χ0v) is 19.7. The van der Waals surface area contributed by atoms with Crippen molar-refractivity contribution in [3.05, 3.63) is 62.9 Å². The zero-order chi connectivity index (χ0) is 24.4. The summed E-state index contributed by atoms with van der Waals surface area (Å²) in [4.78, 5) is 44.2. The minimum Gasteiger partial charge on any atom is -0.457 e. The van der Waals surface area contributed by atoms with Crippen molar-refractivity contribution in [3.8, 4) is 11.4 Å². The van der Waals surface area contributed by atoms with Crippen molar-refractivity contribution in [2.45, 2.75) is 58.9 Å². The van der Waals surface area contributed by atoms with Crippen LogP contribution in [0.2, 0.25) is 0 Å². The van der Waals surface area contributed by atoms with E-state index in [1.54, 1.807) is 31.4 Å². The number of carbonyl (C=O) groups excluding carboxylic acids is 2. The van der Waals surface area contributed by atoms with Crippen molar-refractivity contribution in [1.82, 2.24) is 9.55 Å². The molecule has 0 saturated heterocycles. The van der Waals surface area contributed by atoms with E-state index in [0.717, 1.165) is 22.0 Å². The van der Waals surface area contributed by atoms with Crippen molar-refractivity contribution < 1.29 is 19.1 Å². The molecular formula is C26H27N3O5. The monoisotopic (exact) mass is 461 g/mol. The van der Waals surface area contributed by atoms with Crippen molar-refractivity contribution in [3.63, 3.8) is 0 Å². The highest BCUT2D eigenvalue weighted by Crippen LogP contribution is 2.41. The Balaban J connectivity index is 1.70. The molecule has 8 heteroatoms. The smallest absolute Gasteiger partial charge is 0.355 e. The van der Waals surface area contributed by atoms with Crippen LogP contribution in [0.5, 0.6) is 0 Å². The van der Waals surface area contributed by atoms with Crippen LogP contribution >= 0.6 is 0 Å². The van der Waals surface area contributed by atoms with Gasteiger partial charge in [0.1, 0.15) is 12.6 Å². The Morgan fingerprint density at radius 2 is 2.03 bits per heavy atom. The third-order valence-electron chi connectivity index (χ3n) is 6.90. The molecule has 0 aliphatic carbocycles. The number of hydrogen-bond acceptors (Lipinski definition) is 7. The van der Waals surface area contributed by atoms with Crippen LogP contribution in [-0.2, 0) is 37.8 Å². The number of carbonyl (C=O) groups is 2. The molecule has 2 aliphatic heterocycles. The summed E-state index contributed by atoms with van der Waals surface area (Å²) < 4.78 is 12.8. The Bertz CT molecular complexity index is 1420. The van der Waals surface area contributed by atoms with Gasteiger partial charge in [0.05, 0.1) is 29.0 Å². The first kappa shape index (κ1) is 22.3. The fraction of sp³-hybridized carbons (Fsp3) is 0.385. The highest BCUT2D eigenvalue weighted by atomic mass is 16.6. The molecule has 2 N–H and O–H groups in total. The summed E-state index contributed by atoms with van der Waals surface area (Å²) in [6.45, 7) is 7.54. The van der Waals surface area contributed by atoms with Gasteiger partial charge in [-0.2, -0.15) is 0 Å². The molecule has 4 heterocycles. The van der Waals surface area contributed by atoms with Gasteiger partial charge in [0.25, 0.3) is 5.56 Å². The quantitative estimate of drug-likeness (QED) is 0.465. The first-order valence-electron chi connectivity index (χ1n) is 11.5. The van der Waals surface area contributed by atoms with Gasteiger partial charge in [-0.05, 0) is 43.5 Å². The Hall–Kier alpha value is -3.52. The second kappa shape index (κ2) is 7.77. The summed E-state index contributed by atoms with van der Waals surface area (Å²) in [6, 6.07) is 8.90. The molecule has 2 atom stereocenters. The molecule has 8 nitrogen and oxygen atoms in total. The van der Waals surface area contributed by atoms with Gasteiger partial charge in [-0.1, -0.05) is 32.4 Å². The maximum atomic E-state index is 13.5. The van der Waals surface area contributed by atoms with Gasteiger partial charge in [-0.3, -0.25) is 9.59 Å². The standard InChI is InChI=1S/C26H27N3O5/c1-5-26(34-24(31)21(27)13(2)3)18-10-20-22-16(9-15-8-14(4)6-7-19(15)28-22)11-29(20)23(30)17(18)12-33-25(26)32/h6-10,13,21H,5,11-12,27H2,1-4H3/t21?,26-/m0/s1. The molecule has 1 unspecified atom stereocenters. The molecule has 3 aromatic rings. The van der Waals surface area contributed by atoms with Gasteiger partial charge in [0.2, 0.25) is 5.60 Å². The predicted molar refractivity (Wildman–Crippen MR) is 126 cm³/mol. The first-order valence-corrected chi connectivity index (χ1v) is 11.5. The number of aryl methyl sites for hydroxylation is 1. The lowest BCUT2D eigenvalue weighted by Gasteiger charge is -2.36. The van der Waals surface area contributed by atoms with E-state index in [-0.39, 0.29) is 24.5 Å². The number of aromatic nitrogens is 2. The minimum absolute atomic E-state index is 0.107. The maximum absolute atomic E-state index is 13.5. The minimum atomic E-state index is -1.73. The van der Waals surface area contributed by atoms with Crippen LogP contribution in [0.15, 0.2) is 35.1 Å². The molecule has 0 radical (unpaired) electrons. The predicted octanol–water partition coefficient (Wildman–Crippen LogP) is 2.92. The third kappa shape index (κ3) is 3.16. The molecule has 0 bridgehead atoms. The van der Waals surface area contributed by atoms with Crippen molar-refractivity contribution in [1.29, 1.82) is 0 Å². The second-order valence-corrected chi connectivity index (χ2v) is 9.45. The van der Waals surface area contributed by atoms with E-state index in [0.29, 0.717) is 29.1 Å². The van der Waals surface area contributed by atoms with Gasteiger partial charge in [-0.25, -0.2) is 9.78 Å². The molecule has 0 amide bonds. The molecule has 0 saturated carbocycles. The fourth-order valence-electron chi connectivity index (χ4n) is 4.77. The number of nitrogens with two attached hydrogens (primary N) is 1. The van der Waals surface area contributed by atoms with Crippen LogP contribution in [0.1, 0.15) is 49.4 Å². The molecule has 1 aromatic carbocycles. The Kier molecular flexibility index (Phi) is 5.09. The molecule has 176 valence electrons. The second-order valence-electron chi connectivity index (χ2n) is 9.45. The highest BCUT2D eigenvalue weighted by Gasteiger charge is 2.51. The van der Waals surface area contributed by atoms with Gasteiger partial charge in [0, 0.05) is 16.5 Å². The van der Waals surface area contributed by atoms with Crippen LogP contribution in [0.3, 0.4) is 0 Å². The zero-order valence-electron chi connectivity index (χ0n) is 19.7. The number of rotatable bonds is 4. The maximum Gasteiger partial charge on any atom is 0.355 e. The van der Waals surface area contributed by atoms with Crippen molar-refractivity contribution in [2.24, 2.45) is 11.7 Å². The van der Waals surface area contributed by atoms with E-state index < -0.39 is 23.6 Å². The summed E-state index contributed by atoms with van der Waals surface area (Å²) in [5.41, 5.74) is 8.80. The summed E-state index contributed by atoms with van der Waals surface area (Å²) in [6.07, 6.45) is 0.107. The molecule has 0 fully saturated rings. The SMILES string of the molecule is CC[C@@]1(OC(=O)C(N)C(C)C)C(=O)OCc2c1cc1n(c2=O)Cc2cc3cc(C)ccc3nc2-1. The topological polar surface area (TPSA) is 114 Å². The lowest BCUT2D eigenvalue weighted by molar-refractivity contribution is -0.190. The Morgan fingerprint density at radius 1 is 1.26 bits per heavy atom. The van der Waals surface area contributed by atoms with Crippen molar-refractivity contribution in [2.75, 3.05) is 0 Å². The van der Waals surface area contributed by atoms with E-state index in [4.69, 9.17) is 20.2 Å². The van der Waals surface area contributed by atoms with E-state index in [1.165, 1.54) is 0 Å². The molecular weight excluding hydrogens is 434 g/mol. The van der Waals surface area contributed by atoms with Gasteiger partial charge < -0.3 is 19.8 Å². The number of pyridine rings is 2. The summed E-state index contributed by atoms with van der Waals surface area (Å²) in [7, 11) is 0. The largest absolute Gasteiger partial charge is 0.457 e. The first-order chi connectivity index (χ1) is 16.2. The number of esters is 2. The average molecular weight is 462 g/mol. The van der Waals surface area contributed by atoms with Crippen LogP contribution in [0.25, 0.3) is 22.3 Å². The molecule has 5 rings (SSSR count). The van der Waals surface area contributed by atoms with Crippen LogP contribution in [0, 0.1) is 12.8 Å². The molecule has 2 aromatic heterocycles. The highest BCUT2D eigenvalue weighted by molar-refractivity contribution is 5.89. The Morgan fingerprint density at radius 3 is 2.74 bits per heavy atom. The van der Waals surface area contributed by atoms with Gasteiger partial charge in [-0.15, -0.1) is 0 Å². The van der Waals surface area contributed by atoms with E-state index in [9.17, 15) is 14.4 Å². The molecule has 0 spiro atoms. The normalized spacial score (nSPS) is 19.4. The van der Waals surface area contributed by atoms with E-state index in [2.05, 4.69) is 6.07 Å². The number of nitrogens with zero attached hydrogens (tertiary/aromatic N) is 2. The summed E-state index contributed by atoms with van der Waals surface area (Å²) >= 11 is 0. The van der Waals surface area contributed by atoms with Crippen LogP contribution in [-0.4, -0.2) is 27.5 Å². The summed E-state index contributed by atoms with van der Waals surface area (Å²) in [5, 5.41) is 1.00. The fourth-order valence-corrected chi connectivity index (χ4v) is 4.77. The van der Waals surface area contributed by atoms with Crippen LogP contribution in [0.4, 0.5) is 0 Å². The molecule has 34 heavy (non-hydrogen) atoms. The van der Waals surface area contributed by atoms with E-state index in [1.807, 2.05) is 25.1 Å². The number of cyclic esters (lactones) is 1. The van der Waals surface area contributed by atoms with E-state index >= 15 is 0 Å².